The van der Waals surface area contributed by atoms with Crippen molar-refractivity contribution in [1.29, 1.82) is 0 Å². The molecule has 0 fully saturated rings. The summed E-state index contributed by atoms with van der Waals surface area (Å²) in [7, 11) is 2.98. The Morgan fingerprint density at radius 2 is 1.68 bits per heavy atom. The lowest BCUT2D eigenvalue weighted by Gasteiger charge is -2.53. The number of carbonyl (C=O) groups excluding carboxylic acids is 3. The molecule has 0 spiro atoms. The number of fused-ring (bicyclic) bond motifs is 3. The van der Waals surface area contributed by atoms with Crippen LogP contribution in [0.3, 0.4) is 0 Å². The third-order valence-corrected chi connectivity index (χ3v) is 8.42. The molecule has 0 saturated heterocycles. The first-order chi connectivity index (χ1) is 18.8. The fourth-order valence-corrected chi connectivity index (χ4v) is 6.52. The highest BCUT2D eigenvalue weighted by molar-refractivity contribution is 6.25. The predicted octanol–water partition coefficient (Wildman–Crippen LogP) is 1.82. The maximum Gasteiger partial charge on any atom is 0.255 e. The fourth-order valence-electron chi connectivity index (χ4n) is 6.52. The van der Waals surface area contributed by atoms with Crippen molar-refractivity contribution < 1.29 is 39.9 Å². The van der Waals surface area contributed by atoms with Gasteiger partial charge in [-0.25, -0.2) is 0 Å². The summed E-state index contributed by atoms with van der Waals surface area (Å²) in [6, 6.07) is 11.3. The van der Waals surface area contributed by atoms with Gasteiger partial charge in [0.05, 0.1) is 23.6 Å². The molecule has 5 rings (SSSR count). The number of Topliss-reactive ketones (excluding diaryl/α,β-unsaturated/α-hetero) is 2. The molecule has 10 heteroatoms. The molecule has 2 aromatic rings. The second kappa shape index (κ2) is 9.44. The quantitative estimate of drug-likeness (QED) is 0.246. The summed E-state index contributed by atoms with van der Waals surface area (Å²) < 4.78 is 0. The Labute approximate surface area is 230 Å². The summed E-state index contributed by atoms with van der Waals surface area (Å²) in [5.41, 5.74) is 2.49. The first-order valence-corrected chi connectivity index (χ1v) is 12.8. The number of primary amides is 1. The molecule has 208 valence electrons. The van der Waals surface area contributed by atoms with Crippen LogP contribution in [0.2, 0.25) is 0 Å². The van der Waals surface area contributed by atoms with Gasteiger partial charge in [-0.2, -0.15) is 0 Å². The number of rotatable bonds is 4. The number of phenolic OH excluding ortho intramolecular Hbond substituents is 1. The Kier molecular flexibility index (Phi) is 6.45. The molecule has 0 saturated carbocycles. The Hall–Kier alpha value is -4.25. The Morgan fingerprint density at radius 3 is 2.27 bits per heavy atom. The minimum absolute atomic E-state index is 0.129. The van der Waals surface area contributed by atoms with E-state index in [1.165, 1.54) is 19.0 Å². The van der Waals surface area contributed by atoms with E-state index in [4.69, 9.17) is 5.73 Å². The van der Waals surface area contributed by atoms with Crippen LogP contribution in [0.15, 0.2) is 65.1 Å². The van der Waals surface area contributed by atoms with Gasteiger partial charge in [-0.1, -0.05) is 61.5 Å². The SMILES string of the molecule is C[C@@H]1c2ccc(/C=C/c3ccccc3)c(O)c2C(=O)C2=C(O)[C@@]3(O)C(=O)C(C(N)=O)=C(O)[C@H](N(C)C)[C@H]3[C@H](O)[C@H]21. The molecule has 0 aromatic heterocycles. The molecule has 7 N–H and O–H groups in total. The summed E-state index contributed by atoms with van der Waals surface area (Å²) >= 11 is 0. The average molecular weight is 547 g/mol. The lowest BCUT2D eigenvalue weighted by Crippen LogP contribution is -2.68. The summed E-state index contributed by atoms with van der Waals surface area (Å²) in [4.78, 5) is 40.9. The van der Waals surface area contributed by atoms with Crippen LogP contribution < -0.4 is 5.73 Å². The highest BCUT2D eigenvalue weighted by Gasteiger charge is 2.67. The summed E-state index contributed by atoms with van der Waals surface area (Å²) in [5.74, 6) is -9.08. The van der Waals surface area contributed by atoms with Crippen molar-refractivity contribution in [3.63, 3.8) is 0 Å². The lowest BCUT2D eigenvalue weighted by atomic mass is 9.55. The van der Waals surface area contributed by atoms with Crippen molar-refractivity contribution in [2.75, 3.05) is 14.1 Å². The van der Waals surface area contributed by atoms with Gasteiger partial charge in [0.1, 0.15) is 22.8 Å². The van der Waals surface area contributed by atoms with E-state index in [1.54, 1.807) is 31.2 Å². The van der Waals surface area contributed by atoms with Crippen molar-refractivity contribution in [3.8, 4) is 5.75 Å². The first-order valence-electron chi connectivity index (χ1n) is 12.8. The predicted molar refractivity (Wildman–Crippen MR) is 145 cm³/mol. The standard InChI is InChI=1S/C30H30N2O8/c1-13-16-12-11-15(10-9-14-7-5-4-6-8-14)23(33)18(16)24(34)19-17(13)25(35)21-22(32(2)3)26(36)20(29(31)39)28(38)30(21,40)27(19)37/h4-13,17,21-22,25,33,35-37,40H,1-3H3,(H2,31,39)/b10-9+/t13-,17+,21+,22-,25-,30-/m1/s1. The fraction of sp³-hybridized carbons (Fsp3) is 0.300. The molecule has 0 heterocycles. The summed E-state index contributed by atoms with van der Waals surface area (Å²) in [5, 5.41) is 56.9. The van der Waals surface area contributed by atoms with Crippen molar-refractivity contribution >= 4 is 29.6 Å². The zero-order chi connectivity index (χ0) is 29.3. The number of hydrogen-bond acceptors (Lipinski definition) is 9. The number of likely N-dealkylation sites (N-methyl/N-ethyl adjacent to an activating group) is 1. The van der Waals surface area contributed by atoms with E-state index in [-0.39, 0.29) is 11.3 Å². The van der Waals surface area contributed by atoms with Crippen LogP contribution in [-0.2, 0) is 9.59 Å². The zero-order valence-electron chi connectivity index (χ0n) is 22.1. The number of nitrogens with two attached hydrogens (primary N) is 1. The smallest absolute Gasteiger partial charge is 0.255 e. The van der Waals surface area contributed by atoms with Gasteiger partial charge in [-0.05, 0) is 31.1 Å². The maximum absolute atomic E-state index is 13.9. The number of carbonyl (C=O) groups is 3. The number of hydrogen-bond donors (Lipinski definition) is 6. The Bertz CT molecular complexity index is 1540. The highest BCUT2D eigenvalue weighted by atomic mass is 16.4. The molecule has 1 amide bonds. The number of ketones is 2. The number of aliphatic hydroxyl groups excluding tert-OH is 3. The van der Waals surface area contributed by atoms with Gasteiger partial charge in [0, 0.05) is 17.1 Å². The molecule has 3 aliphatic rings. The van der Waals surface area contributed by atoms with Crippen LogP contribution in [0.4, 0.5) is 0 Å². The van der Waals surface area contributed by atoms with Crippen LogP contribution in [0.25, 0.3) is 12.2 Å². The normalized spacial score (nSPS) is 30.0. The van der Waals surface area contributed by atoms with Crippen molar-refractivity contribution in [1.82, 2.24) is 4.90 Å². The van der Waals surface area contributed by atoms with Crippen LogP contribution in [-0.4, -0.2) is 79.7 Å². The van der Waals surface area contributed by atoms with Crippen LogP contribution in [0.1, 0.15) is 39.9 Å². The number of benzene rings is 2. The summed E-state index contributed by atoms with van der Waals surface area (Å²) in [6.07, 6.45) is 1.75. The van der Waals surface area contributed by atoms with Gasteiger partial charge in [0.15, 0.2) is 11.4 Å². The van der Waals surface area contributed by atoms with Crippen molar-refractivity contribution in [2.24, 2.45) is 17.6 Å². The lowest BCUT2D eigenvalue weighted by molar-refractivity contribution is -0.162. The largest absolute Gasteiger partial charge is 0.510 e. The minimum Gasteiger partial charge on any atom is -0.510 e. The number of aromatic hydroxyl groups is 1. The van der Waals surface area contributed by atoms with Gasteiger partial charge in [0.25, 0.3) is 5.91 Å². The van der Waals surface area contributed by atoms with Gasteiger partial charge >= 0.3 is 0 Å². The van der Waals surface area contributed by atoms with E-state index in [0.717, 1.165) is 5.56 Å². The zero-order valence-corrected chi connectivity index (χ0v) is 22.1. The molecular weight excluding hydrogens is 516 g/mol. The Balaban J connectivity index is 1.71. The van der Waals surface area contributed by atoms with Crippen LogP contribution in [0, 0.1) is 11.8 Å². The first kappa shape index (κ1) is 27.3. The van der Waals surface area contributed by atoms with E-state index >= 15 is 0 Å². The molecule has 2 aromatic carbocycles. The number of amides is 1. The molecule has 10 nitrogen and oxygen atoms in total. The van der Waals surface area contributed by atoms with Gasteiger partial charge in [-0.15, -0.1) is 0 Å². The van der Waals surface area contributed by atoms with E-state index in [1.807, 2.05) is 30.3 Å². The van der Waals surface area contributed by atoms with Crippen molar-refractivity contribution in [3.05, 3.63) is 87.4 Å². The van der Waals surface area contributed by atoms with Gasteiger partial charge < -0.3 is 31.3 Å². The molecule has 0 radical (unpaired) electrons. The molecule has 0 unspecified atom stereocenters. The maximum atomic E-state index is 13.9. The minimum atomic E-state index is -2.94. The number of phenols is 1. The Morgan fingerprint density at radius 1 is 1.02 bits per heavy atom. The van der Waals surface area contributed by atoms with Gasteiger partial charge in [-0.3, -0.25) is 19.3 Å². The monoisotopic (exact) mass is 546 g/mol. The average Bonchev–Trinajstić information content (AvgIpc) is 2.90. The molecule has 0 aliphatic heterocycles. The second-order valence-electron chi connectivity index (χ2n) is 10.8. The number of aliphatic hydroxyl groups is 4. The van der Waals surface area contributed by atoms with Gasteiger partial charge in [0.2, 0.25) is 5.78 Å². The van der Waals surface area contributed by atoms with Crippen LogP contribution >= 0.6 is 0 Å². The molecule has 6 atom stereocenters. The molecular formula is C30H30N2O8. The topological polar surface area (TPSA) is 182 Å². The highest BCUT2D eigenvalue weighted by Crippen LogP contribution is 2.55. The molecule has 40 heavy (non-hydrogen) atoms. The van der Waals surface area contributed by atoms with E-state index < -0.39 is 75.6 Å². The van der Waals surface area contributed by atoms with E-state index in [9.17, 15) is 39.9 Å². The third kappa shape index (κ3) is 3.64. The van der Waals surface area contributed by atoms with E-state index in [2.05, 4.69) is 0 Å². The molecule has 0 bridgehead atoms. The summed E-state index contributed by atoms with van der Waals surface area (Å²) in [6.45, 7) is 1.69. The van der Waals surface area contributed by atoms with Crippen LogP contribution in [0.5, 0.6) is 5.75 Å². The van der Waals surface area contributed by atoms with E-state index in [0.29, 0.717) is 11.1 Å². The molecule has 3 aliphatic carbocycles. The third-order valence-electron chi connectivity index (χ3n) is 8.42. The number of nitrogens with zero attached hydrogens (tertiary/aromatic N) is 1. The van der Waals surface area contributed by atoms with Crippen molar-refractivity contribution in [2.45, 2.75) is 30.6 Å². The second-order valence-corrected chi connectivity index (χ2v) is 10.8.